The van der Waals surface area contributed by atoms with Gasteiger partial charge in [-0.05, 0) is 44.4 Å². The van der Waals surface area contributed by atoms with Crippen LogP contribution in [0.3, 0.4) is 0 Å². The Balaban J connectivity index is 1.73. The predicted octanol–water partition coefficient (Wildman–Crippen LogP) is 1.26. The highest BCUT2D eigenvalue weighted by atomic mass is 32.2. The Bertz CT molecular complexity index is 564. The second-order valence-electron chi connectivity index (χ2n) is 5.45. The minimum Gasteiger partial charge on any atom is -0.491 e. The van der Waals surface area contributed by atoms with Gasteiger partial charge in [0.2, 0.25) is 10.0 Å². The van der Waals surface area contributed by atoms with E-state index in [0.717, 1.165) is 32.2 Å². The maximum Gasteiger partial charge on any atom is 0.244 e. The Morgan fingerprint density at radius 1 is 1.25 bits per heavy atom. The fourth-order valence-corrected chi connectivity index (χ4v) is 3.82. The van der Waals surface area contributed by atoms with Crippen LogP contribution in [-0.4, -0.2) is 33.7 Å². The molecule has 1 aromatic rings. The van der Waals surface area contributed by atoms with Crippen molar-refractivity contribution in [1.29, 1.82) is 0 Å². The average molecular weight is 296 g/mol. The number of ether oxygens (including phenoxy) is 1. The molecule has 1 aliphatic carbocycles. The summed E-state index contributed by atoms with van der Waals surface area (Å²) in [6.07, 6.45) is 4.08. The van der Waals surface area contributed by atoms with Gasteiger partial charge in [0.05, 0.1) is 0 Å². The molecule has 1 aromatic carbocycles. The van der Waals surface area contributed by atoms with Crippen molar-refractivity contribution >= 4 is 10.0 Å². The van der Waals surface area contributed by atoms with E-state index in [9.17, 15) is 8.42 Å². The van der Waals surface area contributed by atoms with Gasteiger partial charge >= 0.3 is 0 Å². The van der Waals surface area contributed by atoms with Crippen LogP contribution >= 0.6 is 0 Å². The van der Waals surface area contributed by atoms with E-state index in [1.54, 1.807) is 24.3 Å². The highest BCUT2D eigenvalue weighted by molar-refractivity contribution is 7.89. The summed E-state index contributed by atoms with van der Waals surface area (Å²) >= 11 is 0. The summed E-state index contributed by atoms with van der Waals surface area (Å²) in [4.78, 5) is 0.241. The van der Waals surface area contributed by atoms with Gasteiger partial charge in [0, 0.05) is 12.1 Å². The topological polar surface area (TPSA) is 67.4 Å². The van der Waals surface area contributed by atoms with Gasteiger partial charge in [0.15, 0.2) is 0 Å². The fraction of sp³-hybridized carbons (Fsp3) is 0.571. The van der Waals surface area contributed by atoms with E-state index in [-0.39, 0.29) is 10.9 Å². The van der Waals surface area contributed by atoms with E-state index < -0.39 is 10.0 Å². The third-order valence-corrected chi connectivity index (χ3v) is 5.20. The Kier molecular flexibility index (Phi) is 3.96. The van der Waals surface area contributed by atoms with Crippen LogP contribution in [0.2, 0.25) is 0 Å². The number of rotatable bonds is 6. The van der Waals surface area contributed by atoms with Crippen LogP contribution in [-0.2, 0) is 10.0 Å². The molecule has 3 rings (SSSR count). The van der Waals surface area contributed by atoms with Crippen molar-refractivity contribution in [1.82, 2.24) is 10.0 Å². The first kappa shape index (κ1) is 13.9. The van der Waals surface area contributed by atoms with Gasteiger partial charge in [0.1, 0.15) is 17.3 Å². The summed E-state index contributed by atoms with van der Waals surface area (Å²) in [7, 11) is -3.47. The molecule has 0 bridgehead atoms. The average Bonchev–Trinajstić information content (AvgIpc) is 3.07. The van der Waals surface area contributed by atoms with Gasteiger partial charge in [-0.2, -0.15) is 0 Å². The summed E-state index contributed by atoms with van der Waals surface area (Å²) in [5.74, 6) is 0.439. The summed E-state index contributed by atoms with van der Waals surface area (Å²) in [6.45, 7) is 1.52. The molecule has 1 saturated heterocycles. The Labute approximate surface area is 119 Å². The van der Waals surface area contributed by atoms with Gasteiger partial charge in [-0.1, -0.05) is 12.1 Å². The predicted molar refractivity (Wildman–Crippen MR) is 76.3 cm³/mol. The second-order valence-corrected chi connectivity index (χ2v) is 7.13. The number of benzene rings is 1. The molecular weight excluding hydrogens is 276 g/mol. The van der Waals surface area contributed by atoms with Crippen molar-refractivity contribution in [3.8, 4) is 5.75 Å². The number of nitrogens with one attached hydrogen (secondary N) is 2. The summed E-state index contributed by atoms with van der Waals surface area (Å²) < 4.78 is 33.0. The molecule has 0 amide bonds. The van der Waals surface area contributed by atoms with E-state index >= 15 is 0 Å². The van der Waals surface area contributed by atoms with Gasteiger partial charge in [-0.3, -0.25) is 0 Å². The number of hydrogen-bond donors (Lipinski definition) is 2. The van der Waals surface area contributed by atoms with Crippen LogP contribution in [0.25, 0.3) is 0 Å². The first-order valence-electron chi connectivity index (χ1n) is 7.13. The van der Waals surface area contributed by atoms with E-state index in [1.165, 1.54) is 0 Å². The fourth-order valence-electron chi connectivity index (χ4n) is 2.36. The Hall–Kier alpha value is -1.11. The van der Waals surface area contributed by atoms with Crippen molar-refractivity contribution in [3.05, 3.63) is 24.3 Å². The van der Waals surface area contributed by atoms with Crippen molar-refractivity contribution in [2.75, 3.05) is 13.2 Å². The van der Waals surface area contributed by atoms with Crippen molar-refractivity contribution in [3.63, 3.8) is 0 Å². The SMILES string of the molecule is O=S(=O)(NC1CC1)c1ccccc1OCC1CCCN1. The van der Waals surface area contributed by atoms with Gasteiger partial charge in [-0.25, -0.2) is 13.1 Å². The monoisotopic (exact) mass is 296 g/mol. The molecule has 6 heteroatoms. The lowest BCUT2D eigenvalue weighted by Gasteiger charge is -2.15. The van der Waals surface area contributed by atoms with E-state index in [4.69, 9.17) is 4.74 Å². The molecule has 2 fully saturated rings. The van der Waals surface area contributed by atoms with Gasteiger partial charge in [0.25, 0.3) is 0 Å². The summed E-state index contributed by atoms with van der Waals surface area (Å²) in [5, 5.41) is 3.34. The maximum atomic E-state index is 12.3. The molecule has 2 aliphatic rings. The second kappa shape index (κ2) is 5.71. The van der Waals surface area contributed by atoms with E-state index in [0.29, 0.717) is 18.4 Å². The highest BCUT2D eigenvalue weighted by Gasteiger charge is 2.29. The van der Waals surface area contributed by atoms with Crippen LogP contribution in [0.5, 0.6) is 5.75 Å². The Morgan fingerprint density at radius 3 is 2.75 bits per heavy atom. The smallest absolute Gasteiger partial charge is 0.244 e. The Morgan fingerprint density at radius 2 is 2.05 bits per heavy atom. The van der Waals surface area contributed by atoms with Crippen molar-refractivity contribution in [2.45, 2.75) is 42.7 Å². The molecule has 5 nitrogen and oxygen atoms in total. The number of sulfonamides is 1. The first-order valence-corrected chi connectivity index (χ1v) is 8.61. The third-order valence-electron chi connectivity index (χ3n) is 3.64. The van der Waals surface area contributed by atoms with Gasteiger partial charge in [-0.15, -0.1) is 0 Å². The van der Waals surface area contributed by atoms with Crippen LogP contribution in [0, 0.1) is 0 Å². The third kappa shape index (κ3) is 3.31. The minimum atomic E-state index is -3.47. The molecule has 2 N–H and O–H groups in total. The highest BCUT2D eigenvalue weighted by Crippen LogP contribution is 2.27. The number of hydrogen-bond acceptors (Lipinski definition) is 4. The lowest BCUT2D eigenvalue weighted by molar-refractivity contribution is 0.270. The zero-order valence-corrected chi connectivity index (χ0v) is 12.2. The standard InChI is InChI=1S/C14H20N2O3S/c17-20(18,16-11-7-8-11)14-6-2-1-5-13(14)19-10-12-4-3-9-15-12/h1-2,5-6,11-12,15-16H,3-4,7-10H2. The van der Waals surface area contributed by atoms with Crippen LogP contribution in [0.15, 0.2) is 29.2 Å². The molecule has 20 heavy (non-hydrogen) atoms. The van der Waals surface area contributed by atoms with E-state index in [1.807, 2.05) is 0 Å². The van der Waals surface area contributed by atoms with Crippen molar-refractivity contribution in [2.24, 2.45) is 0 Å². The van der Waals surface area contributed by atoms with Crippen LogP contribution in [0.1, 0.15) is 25.7 Å². The zero-order valence-electron chi connectivity index (χ0n) is 11.3. The summed E-state index contributed by atoms with van der Waals surface area (Å²) in [5.41, 5.74) is 0. The molecule has 1 saturated carbocycles. The van der Waals surface area contributed by atoms with Crippen molar-refractivity contribution < 1.29 is 13.2 Å². The lowest BCUT2D eigenvalue weighted by atomic mass is 10.2. The molecule has 1 unspecified atom stereocenters. The molecular formula is C14H20N2O3S. The molecule has 1 aliphatic heterocycles. The van der Waals surface area contributed by atoms with Gasteiger partial charge < -0.3 is 10.1 Å². The quantitative estimate of drug-likeness (QED) is 0.829. The maximum absolute atomic E-state index is 12.3. The molecule has 0 spiro atoms. The molecule has 1 atom stereocenters. The molecule has 0 aromatic heterocycles. The minimum absolute atomic E-state index is 0.101. The molecule has 110 valence electrons. The summed E-state index contributed by atoms with van der Waals surface area (Å²) in [6, 6.07) is 7.26. The number of para-hydroxylation sites is 1. The lowest BCUT2D eigenvalue weighted by Crippen LogP contribution is -2.29. The van der Waals surface area contributed by atoms with Crippen LogP contribution < -0.4 is 14.8 Å². The largest absolute Gasteiger partial charge is 0.491 e. The van der Waals surface area contributed by atoms with E-state index in [2.05, 4.69) is 10.0 Å². The molecule has 1 heterocycles. The normalized spacial score (nSPS) is 22.9. The first-order chi connectivity index (χ1) is 9.65. The zero-order chi connectivity index (χ0) is 14.0. The molecule has 0 radical (unpaired) electrons. The van der Waals surface area contributed by atoms with Crippen LogP contribution in [0.4, 0.5) is 0 Å².